The maximum atomic E-state index is 13.1. The predicted molar refractivity (Wildman–Crippen MR) is 131 cm³/mol. The Hall–Kier alpha value is -3.41. The molecule has 2 aliphatic heterocycles. The van der Waals surface area contributed by atoms with Gasteiger partial charge in [-0.05, 0) is 54.5 Å². The lowest BCUT2D eigenvalue weighted by molar-refractivity contribution is -0.136. The van der Waals surface area contributed by atoms with E-state index >= 15 is 0 Å². The lowest BCUT2D eigenvalue weighted by Gasteiger charge is -2.29. The molecule has 1 aromatic heterocycles. The van der Waals surface area contributed by atoms with E-state index in [-0.39, 0.29) is 11.8 Å². The second-order valence-electron chi connectivity index (χ2n) is 9.04. The monoisotopic (exact) mass is 442 g/mol. The van der Waals surface area contributed by atoms with Crippen molar-refractivity contribution in [1.82, 2.24) is 9.88 Å². The van der Waals surface area contributed by atoms with Crippen LogP contribution in [0.5, 0.6) is 0 Å². The Bertz CT molecular complexity index is 1160. The summed E-state index contributed by atoms with van der Waals surface area (Å²) >= 11 is 0. The molecule has 1 atom stereocenters. The van der Waals surface area contributed by atoms with Crippen LogP contribution in [0.25, 0.3) is 10.8 Å². The van der Waals surface area contributed by atoms with Crippen LogP contribution >= 0.6 is 0 Å². The van der Waals surface area contributed by atoms with E-state index in [2.05, 4.69) is 33.4 Å². The summed E-state index contributed by atoms with van der Waals surface area (Å²) in [4.78, 5) is 34.6. The molecule has 0 unspecified atom stereocenters. The molecule has 0 radical (unpaired) electrons. The summed E-state index contributed by atoms with van der Waals surface area (Å²) < 4.78 is 0. The van der Waals surface area contributed by atoms with Crippen LogP contribution in [0.3, 0.4) is 0 Å². The first-order valence-electron chi connectivity index (χ1n) is 12.0. The first kappa shape index (κ1) is 21.4. The SMILES string of the molecule is O=C(Nc1cc(N2CCCCC2)ccn1)[C@@H]1CCCN1C(=O)Cc1ccc2ccccc2c1. The zero-order valence-electron chi connectivity index (χ0n) is 18.9. The van der Waals surface area contributed by atoms with E-state index in [1.807, 2.05) is 36.4 Å². The van der Waals surface area contributed by atoms with E-state index in [0.717, 1.165) is 41.5 Å². The molecule has 2 fully saturated rings. The van der Waals surface area contributed by atoms with Gasteiger partial charge in [0.2, 0.25) is 11.8 Å². The number of amides is 2. The van der Waals surface area contributed by atoms with Crippen molar-refractivity contribution >= 4 is 34.1 Å². The van der Waals surface area contributed by atoms with E-state index < -0.39 is 6.04 Å². The van der Waals surface area contributed by atoms with Crippen LogP contribution in [0.1, 0.15) is 37.7 Å². The average Bonchev–Trinajstić information content (AvgIpc) is 3.35. The number of likely N-dealkylation sites (tertiary alicyclic amines) is 1. The number of pyridine rings is 1. The molecule has 0 saturated carbocycles. The number of benzene rings is 2. The summed E-state index contributed by atoms with van der Waals surface area (Å²) in [7, 11) is 0. The molecule has 2 saturated heterocycles. The van der Waals surface area contributed by atoms with Crippen LogP contribution in [0.15, 0.2) is 60.8 Å². The van der Waals surface area contributed by atoms with Crippen molar-refractivity contribution in [2.75, 3.05) is 29.9 Å². The van der Waals surface area contributed by atoms with Gasteiger partial charge in [-0.3, -0.25) is 9.59 Å². The van der Waals surface area contributed by atoms with Crippen molar-refractivity contribution in [1.29, 1.82) is 0 Å². The summed E-state index contributed by atoms with van der Waals surface area (Å²) in [6, 6.07) is 17.7. The molecule has 3 aromatic rings. The molecule has 33 heavy (non-hydrogen) atoms. The number of carbonyl (C=O) groups excluding carboxylic acids is 2. The second-order valence-corrected chi connectivity index (χ2v) is 9.04. The first-order chi connectivity index (χ1) is 16.2. The van der Waals surface area contributed by atoms with Crippen LogP contribution in [0.2, 0.25) is 0 Å². The van der Waals surface area contributed by atoms with Crippen molar-refractivity contribution in [2.24, 2.45) is 0 Å². The van der Waals surface area contributed by atoms with Crippen LogP contribution < -0.4 is 10.2 Å². The predicted octanol–water partition coefficient (Wildman–Crippen LogP) is 4.40. The molecular weight excluding hydrogens is 412 g/mol. The summed E-state index contributed by atoms with van der Waals surface area (Å²) in [6.45, 7) is 2.69. The number of anilines is 2. The number of hydrogen-bond donors (Lipinski definition) is 1. The van der Waals surface area contributed by atoms with Crippen molar-refractivity contribution in [3.05, 3.63) is 66.4 Å². The Kier molecular flexibility index (Phi) is 6.24. The minimum Gasteiger partial charge on any atom is -0.371 e. The number of nitrogens with one attached hydrogen (secondary N) is 1. The van der Waals surface area contributed by atoms with Crippen molar-refractivity contribution in [3.63, 3.8) is 0 Å². The molecule has 6 nitrogen and oxygen atoms in total. The van der Waals surface area contributed by atoms with Gasteiger partial charge in [0.1, 0.15) is 11.9 Å². The number of aromatic nitrogens is 1. The highest BCUT2D eigenvalue weighted by atomic mass is 16.2. The normalized spacial score (nSPS) is 18.5. The summed E-state index contributed by atoms with van der Waals surface area (Å²) in [5.74, 6) is 0.400. The molecule has 2 aliphatic rings. The lowest BCUT2D eigenvalue weighted by atomic mass is 10.0. The molecule has 6 heteroatoms. The van der Waals surface area contributed by atoms with E-state index in [0.29, 0.717) is 25.2 Å². The highest BCUT2D eigenvalue weighted by molar-refractivity contribution is 5.97. The van der Waals surface area contributed by atoms with E-state index in [4.69, 9.17) is 0 Å². The standard InChI is InChI=1S/C27H30N4O2/c32-26(18-20-10-11-21-7-2-3-8-22(21)17-20)31-16-6-9-24(31)27(33)29-25-19-23(12-13-28-25)30-14-4-1-5-15-30/h2-3,7-8,10-13,17,19,24H,1,4-6,9,14-16,18H2,(H,28,29,33)/t24-/m0/s1. The summed E-state index contributed by atoms with van der Waals surface area (Å²) in [5, 5.41) is 5.25. The Balaban J connectivity index is 1.25. The van der Waals surface area contributed by atoms with Gasteiger partial charge >= 0.3 is 0 Å². The molecule has 170 valence electrons. The number of piperidine rings is 1. The van der Waals surface area contributed by atoms with Gasteiger partial charge < -0.3 is 15.1 Å². The molecule has 0 spiro atoms. The fourth-order valence-electron chi connectivity index (χ4n) is 5.01. The first-order valence-corrected chi connectivity index (χ1v) is 12.0. The minimum absolute atomic E-state index is 0.00189. The van der Waals surface area contributed by atoms with Gasteiger partial charge in [0.15, 0.2) is 0 Å². The maximum absolute atomic E-state index is 13.1. The van der Waals surface area contributed by atoms with Crippen molar-refractivity contribution in [2.45, 2.75) is 44.6 Å². The van der Waals surface area contributed by atoms with Gasteiger partial charge in [0, 0.05) is 37.6 Å². The van der Waals surface area contributed by atoms with Gasteiger partial charge in [-0.1, -0.05) is 42.5 Å². The number of carbonyl (C=O) groups is 2. The minimum atomic E-state index is -0.446. The second kappa shape index (κ2) is 9.61. The Morgan fingerprint density at radius 1 is 0.909 bits per heavy atom. The molecule has 3 heterocycles. The van der Waals surface area contributed by atoms with Gasteiger partial charge in [-0.15, -0.1) is 0 Å². The zero-order chi connectivity index (χ0) is 22.6. The molecule has 0 bridgehead atoms. The van der Waals surface area contributed by atoms with Crippen LogP contribution in [-0.2, 0) is 16.0 Å². The lowest BCUT2D eigenvalue weighted by Crippen LogP contribution is -2.44. The number of hydrogen-bond acceptors (Lipinski definition) is 4. The zero-order valence-corrected chi connectivity index (χ0v) is 18.9. The topological polar surface area (TPSA) is 65.5 Å². The van der Waals surface area contributed by atoms with E-state index in [9.17, 15) is 9.59 Å². The van der Waals surface area contributed by atoms with Crippen LogP contribution in [0, 0.1) is 0 Å². The van der Waals surface area contributed by atoms with E-state index in [1.165, 1.54) is 19.3 Å². The molecule has 0 aliphatic carbocycles. The largest absolute Gasteiger partial charge is 0.371 e. The number of nitrogens with zero attached hydrogens (tertiary/aromatic N) is 3. The van der Waals surface area contributed by atoms with E-state index in [1.54, 1.807) is 11.1 Å². The Morgan fingerprint density at radius 3 is 2.58 bits per heavy atom. The molecule has 1 N–H and O–H groups in total. The average molecular weight is 443 g/mol. The number of fused-ring (bicyclic) bond motifs is 1. The third-order valence-electron chi connectivity index (χ3n) is 6.76. The van der Waals surface area contributed by atoms with Crippen LogP contribution in [-0.4, -0.2) is 47.4 Å². The maximum Gasteiger partial charge on any atom is 0.248 e. The highest BCUT2D eigenvalue weighted by Gasteiger charge is 2.34. The Morgan fingerprint density at radius 2 is 1.73 bits per heavy atom. The quantitative estimate of drug-likeness (QED) is 0.636. The molecule has 5 rings (SSSR count). The molecule has 2 aromatic carbocycles. The fourth-order valence-corrected chi connectivity index (χ4v) is 5.01. The van der Waals surface area contributed by atoms with Crippen molar-refractivity contribution in [3.8, 4) is 0 Å². The van der Waals surface area contributed by atoms with Gasteiger partial charge in [0.25, 0.3) is 0 Å². The third kappa shape index (κ3) is 4.85. The van der Waals surface area contributed by atoms with Crippen molar-refractivity contribution < 1.29 is 9.59 Å². The third-order valence-corrected chi connectivity index (χ3v) is 6.76. The smallest absolute Gasteiger partial charge is 0.248 e. The van der Waals surface area contributed by atoms with Gasteiger partial charge in [-0.25, -0.2) is 4.98 Å². The molecular formula is C27H30N4O2. The van der Waals surface area contributed by atoms with Gasteiger partial charge in [0.05, 0.1) is 6.42 Å². The fraction of sp³-hybridized carbons (Fsp3) is 0.370. The van der Waals surface area contributed by atoms with Crippen LogP contribution in [0.4, 0.5) is 11.5 Å². The van der Waals surface area contributed by atoms with Gasteiger partial charge in [-0.2, -0.15) is 0 Å². The molecule has 2 amide bonds. The summed E-state index contributed by atoms with van der Waals surface area (Å²) in [5.41, 5.74) is 2.07. The Labute approximate surface area is 194 Å². The highest BCUT2D eigenvalue weighted by Crippen LogP contribution is 2.24. The summed E-state index contributed by atoms with van der Waals surface area (Å²) in [6.07, 6.45) is 7.23. The number of rotatable bonds is 5.